The Morgan fingerprint density at radius 3 is 2.55 bits per heavy atom. The second-order valence-corrected chi connectivity index (χ2v) is 4.76. The van der Waals surface area contributed by atoms with Crippen molar-refractivity contribution in [2.75, 3.05) is 12.4 Å². The number of benzene rings is 1. The van der Waals surface area contributed by atoms with Gasteiger partial charge < -0.3 is 10.6 Å². The van der Waals surface area contributed by atoms with Gasteiger partial charge in [0.15, 0.2) is 0 Å². The highest BCUT2D eigenvalue weighted by atomic mass is 16.1. The van der Waals surface area contributed by atoms with Gasteiger partial charge in [-0.1, -0.05) is 29.8 Å². The van der Waals surface area contributed by atoms with Crippen LogP contribution in [0.2, 0.25) is 0 Å². The minimum atomic E-state index is -0.129. The average Bonchev–Trinajstić information content (AvgIpc) is 2.47. The van der Waals surface area contributed by atoms with Crippen molar-refractivity contribution in [3.8, 4) is 0 Å². The van der Waals surface area contributed by atoms with Gasteiger partial charge in [0, 0.05) is 13.2 Å². The molecule has 0 aliphatic carbocycles. The Bertz CT molecular complexity index is 593. The molecule has 2 N–H and O–H groups in total. The number of carbonyl (C=O) groups is 1. The van der Waals surface area contributed by atoms with Crippen LogP contribution in [0.25, 0.3) is 0 Å². The van der Waals surface area contributed by atoms with Gasteiger partial charge in [-0.05, 0) is 31.5 Å². The smallest absolute Gasteiger partial charge is 0.255 e. The Morgan fingerprint density at radius 2 is 1.90 bits per heavy atom. The minimum Gasteiger partial charge on any atom is -0.372 e. The van der Waals surface area contributed by atoms with Gasteiger partial charge in [-0.3, -0.25) is 4.79 Å². The highest BCUT2D eigenvalue weighted by Gasteiger charge is 2.14. The molecule has 2 rings (SSSR count). The van der Waals surface area contributed by atoms with Crippen molar-refractivity contribution in [3.63, 3.8) is 0 Å². The lowest BCUT2D eigenvalue weighted by atomic mass is 10.1. The van der Waals surface area contributed by atoms with Crippen LogP contribution in [-0.2, 0) is 0 Å². The summed E-state index contributed by atoms with van der Waals surface area (Å²) in [7, 11) is 1.75. The van der Waals surface area contributed by atoms with E-state index in [2.05, 4.69) is 15.6 Å². The van der Waals surface area contributed by atoms with Crippen LogP contribution in [0.15, 0.2) is 42.6 Å². The zero-order valence-electron chi connectivity index (χ0n) is 12.0. The van der Waals surface area contributed by atoms with E-state index in [4.69, 9.17) is 0 Å². The summed E-state index contributed by atoms with van der Waals surface area (Å²) in [6, 6.07) is 11.6. The predicted molar refractivity (Wildman–Crippen MR) is 80.8 cm³/mol. The number of carbonyl (C=O) groups excluding carboxylic acids is 1. The number of amides is 1. The van der Waals surface area contributed by atoms with E-state index in [9.17, 15) is 4.79 Å². The number of anilines is 1. The van der Waals surface area contributed by atoms with E-state index in [-0.39, 0.29) is 11.9 Å². The molecule has 0 aliphatic rings. The van der Waals surface area contributed by atoms with E-state index in [0.29, 0.717) is 11.4 Å². The molecule has 2 aromatic rings. The number of nitrogens with one attached hydrogen (secondary N) is 2. The van der Waals surface area contributed by atoms with Crippen molar-refractivity contribution < 1.29 is 4.79 Å². The monoisotopic (exact) mass is 269 g/mol. The maximum Gasteiger partial charge on any atom is 0.255 e. The number of aromatic nitrogens is 1. The van der Waals surface area contributed by atoms with Crippen molar-refractivity contribution in [1.82, 2.24) is 10.3 Å². The predicted octanol–water partition coefficient (Wildman–Crippen LogP) is 2.92. The summed E-state index contributed by atoms with van der Waals surface area (Å²) < 4.78 is 0. The molecule has 1 amide bonds. The van der Waals surface area contributed by atoms with Gasteiger partial charge >= 0.3 is 0 Å². The van der Waals surface area contributed by atoms with Crippen LogP contribution in [0.3, 0.4) is 0 Å². The minimum absolute atomic E-state index is 0.0481. The van der Waals surface area contributed by atoms with Gasteiger partial charge in [-0.2, -0.15) is 0 Å². The number of hydrogen-bond acceptors (Lipinski definition) is 3. The van der Waals surface area contributed by atoms with Crippen molar-refractivity contribution in [3.05, 3.63) is 59.3 Å². The molecule has 20 heavy (non-hydrogen) atoms. The molecule has 0 radical (unpaired) electrons. The molecule has 4 nitrogen and oxygen atoms in total. The molecule has 1 unspecified atom stereocenters. The summed E-state index contributed by atoms with van der Waals surface area (Å²) in [5, 5.41) is 5.91. The zero-order valence-corrected chi connectivity index (χ0v) is 12.0. The first-order chi connectivity index (χ1) is 9.61. The fourth-order valence-corrected chi connectivity index (χ4v) is 2.00. The Labute approximate surface area is 119 Å². The topological polar surface area (TPSA) is 54.0 Å². The van der Waals surface area contributed by atoms with Crippen LogP contribution in [-0.4, -0.2) is 17.9 Å². The fraction of sp³-hybridized carbons (Fsp3) is 0.250. The summed E-state index contributed by atoms with van der Waals surface area (Å²) in [6.45, 7) is 4.01. The Morgan fingerprint density at radius 1 is 1.20 bits per heavy atom. The third-order valence-electron chi connectivity index (χ3n) is 3.21. The van der Waals surface area contributed by atoms with Crippen molar-refractivity contribution in [2.24, 2.45) is 0 Å². The maximum atomic E-state index is 12.3. The largest absolute Gasteiger partial charge is 0.372 e. The van der Waals surface area contributed by atoms with E-state index in [1.54, 1.807) is 25.4 Å². The summed E-state index contributed by atoms with van der Waals surface area (Å²) in [5.41, 5.74) is 2.84. The number of nitrogens with zero attached hydrogens (tertiary/aromatic N) is 1. The second-order valence-electron chi connectivity index (χ2n) is 4.76. The van der Waals surface area contributed by atoms with Crippen LogP contribution in [0.5, 0.6) is 0 Å². The first-order valence-corrected chi connectivity index (χ1v) is 6.62. The van der Waals surface area contributed by atoms with E-state index >= 15 is 0 Å². The van der Waals surface area contributed by atoms with Gasteiger partial charge in [0.1, 0.15) is 5.82 Å². The van der Waals surface area contributed by atoms with E-state index in [0.717, 1.165) is 5.56 Å². The highest BCUT2D eigenvalue weighted by Crippen LogP contribution is 2.16. The number of rotatable bonds is 4. The Kier molecular flexibility index (Phi) is 4.35. The molecule has 1 aromatic carbocycles. The number of pyridine rings is 1. The van der Waals surface area contributed by atoms with E-state index < -0.39 is 0 Å². The third-order valence-corrected chi connectivity index (χ3v) is 3.21. The molecule has 1 heterocycles. The molecule has 104 valence electrons. The zero-order chi connectivity index (χ0) is 14.5. The highest BCUT2D eigenvalue weighted by molar-refractivity contribution is 5.98. The van der Waals surface area contributed by atoms with Crippen LogP contribution < -0.4 is 10.6 Å². The fourth-order valence-electron chi connectivity index (χ4n) is 2.00. The molecule has 1 atom stereocenters. The molecular formula is C16H19N3O. The first kappa shape index (κ1) is 14.1. The summed E-state index contributed by atoms with van der Waals surface area (Å²) >= 11 is 0. The normalized spacial score (nSPS) is 11.8. The Balaban J connectivity index is 2.13. The van der Waals surface area contributed by atoms with Crippen molar-refractivity contribution >= 4 is 11.7 Å². The van der Waals surface area contributed by atoms with Gasteiger partial charge in [0.25, 0.3) is 5.91 Å². The summed E-state index contributed by atoms with van der Waals surface area (Å²) in [6.07, 6.45) is 1.66. The molecule has 0 spiro atoms. The molecule has 0 saturated heterocycles. The average molecular weight is 269 g/mol. The van der Waals surface area contributed by atoms with Gasteiger partial charge in [0.2, 0.25) is 0 Å². The lowest BCUT2D eigenvalue weighted by Crippen LogP contribution is -2.27. The third kappa shape index (κ3) is 3.15. The Hall–Kier alpha value is -2.36. The standard InChI is InChI=1S/C16H19N3O/c1-11-6-8-13(9-7-11)12(2)19-16(20)14-5-4-10-18-15(14)17-3/h4-10,12H,1-3H3,(H,17,18)(H,19,20). The second kappa shape index (κ2) is 6.19. The summed E-state index contributed by atoms with van der Waals surface area (Å²) in [4.78, 5) is 16.4. The van der Waals surface area contributed by atoms with Gasteiger partial charge in [-0.25, -0.2) is 4.98 Å². The van der Waals surface area contributed by atoms with Crippen LogP contribution >= 0.6 is 0 Å². The van der Waals surface area contributed by atoms with Gasteiger partial charge in [0.05, 0.1) is 11.6 Å². The molecular weight excluding hydrogens is 250 g/mol. The van der Waals surface area contributed by atoms with Crippen LogP contribution in [0.1, 0.15) is 34.5 Å². The van der Waals surface area contributed by atoms with Crippen LogP contribution in [0, 0.1) is 6.92 Å². The molecule has 4 heteroatoms. The first-order valence-electron chi connectivity index (χ1n) is 6.62. The maximum absolute atomic E-state index is 12.3. The molecule has 0 bridgehead atoms. The summed E-state index contributed by atoms with van der Waals surface area (Å²) in [5.74, 6) is 0.455. The van der Waals surface area contributed by atoms with Crippen LogP contribution in [0.4, 0.5) is 5.82 Å². The van der Waals surface area contributed by atoms with E-state index in [1.807, 2.05) is 38.1 Å². The van der Waals surface area contributed by atoms with E-state index in [1.165, 1.54) is 5.56 Å². The van der Waals surface area contributed by atoms with Crippen molar-refractivity contribution in [2.45, 2.75) is 19.9 Å². The SMILES string of the molecule is CNc1ncccc1C(=O)NC(C)c1ccc(C)cc1. The molecule has 0 saturated carbocycles. The number of aryl methyl sites for hydroxylation is 1. The molecule has 0 aliphatic heterocycles. The number of hydrogen-bond donors (Lipinski definition) is 2. The quantitative estimate of drug-likeness (QED) is 0.897. The lowest BCUT2D eigenvalue weighted by molar-refractivity contribution is 0.0940. The lowest BCUT2D eigenvalue weighted by Gasteiger charge is -2.15. The van der Waals surface area contributed by atoms with Gasteiger partial charge in [-0.15, -0.1) is 0 Å². The molecule has 0 fully saturated rings. The van der Waals surface area contributed by atoms with Crippen molar-refractivity contribution in [1.29, 1.82) is 0 Å². The molecule has 1 aromatic heterocycles.